The van der Waals surface area contributed by atoms with Gasteiger partial charge in [0.1, 0.15) is 10.8 Å². The monoisotopic (exact) mass is 374 g/mol. The van der Waals surface area contributed by atoms with E-state index in [0.717, 1.165) is 0 Å². The summed E-state index contributed by atoms with van der Waals surface area (Å²) in [4.78, 5) is 27.1. The van der Waals surface area contributed by atoms with Gasteiger partial charge in [0.2, 0.25) is 0 Å². The van der Waals surface area contributed by atoms with Crippen LogP contribution in [0.4, 0.5) is 11.4 Å². The number of amides is 2. The second-order valence-corrected chi connectivity index (χ2v) is 7.53. The lowest BCUT2D eigenvalue weighted by atomic mass is 9.60. The summed E-state index contributed by atoms with van der Waals surface area (Å²) in [5.41, 5.74) is 0.301. The fourth-order valence-corrected chi connectivity index (χ4v) is 3.96. The zero-order valence-corrected chi connectivity index (χ0v) is 16.4. The molecule has 0 radical (unpaired) electrons. The molecule has 0 aromatic heterocycles. The van der Waals surface area contributed by atoms with Crippen LogP contribution < -0.4 is 10.0 Å². The topological polar surface area (TPSA) is 65.3 Å². The van der Waals surface area contributed by atoms with Crippen LogP contribution in [-0.2, 0) is 9.59 Å². The average Bonchev–Trinajstić information content (AvgIpc) is 3.10. The Bertz CT molecular complexity index is 932. The normalized spacial score (nSPS) is 27.3. The van der Waals surface area contributed by atoms with E-state index in [1.165, 1.54) is 10.0 Å². The summed E-state index contributed by atoms with van der Waals surface area (Å²) >= 11 is 0. The predicted octanol–water partition coefficient (Wildman–Crippen LogP) is 3.84. The van der Waals surface area contributed by atoms with Gasteiger partial charge in [-0.3, -0.25) is 9.59 Å². The third-order valence-electron chi connectivity index (χ3n) is 6.19. The van der Waals surface area contributed by atoms with Gasteiger partial charge < -0.3 is 0 Å². The van der Waals surface area contributed by atoms with Crippen LogP contribution in [0, 0.1) is 10.8 Å². The van der Waals surface area contributed by atoms with Crippen LogP contribution in [0.5, 0.6) is 0 Å². The largest absolute Gasteiger partial charge is 0.271 e. The number of carbonyl (C=O) groups excluding carboxylic acids is 2. The Labute approximate surface area is 164 Å². The minimum Gasteiger partial charge on any atom is -0.271 e. The molecule has 2 aliphatic rings. The first-order valence-corrected chi connectivity index (χ1v) is 9.22. The fourth-order valence-electron chi connectivity index (χ4n) is 3.96. The molecule has 0 N–H and O–H groups in total. The van der Waals surface area contributed by atoms with E-state index in [2.05, 4.69) is 10.2 Å². The Morgan fingerprint density at radius 1 is 0.643 bits per heavy atom. The Morgan fingerprint density at radius 3 is 1.29 bits per heavy atom. The molecule has 0 saturated carbocycles. The summed E-state index contributed by atoms with van der Waals surface area (Å²) < 4.78 is 0. The van der Waals surface area contributed by atoms with Crippen LogP contribution in [0.25, 0.3) is 0 Å². The fraction of sp³-hybridized carbons (Fsp3) is 0.273. The molecule has 2 amide bonds. The maximum Gasteiger partial charge on any atom is 0.260 e. The molecule has 2 heterocycles. The summed E-state index contributed by atoms with van der Waals surface area (Å²) in [6.07, 6.45) is 0. The molecule has 2 aromatic rings. The van der Waals surface area contributed by atoms with Crippen molar-refractivity contribution in [3.63, 3.8) is 0 Å². The van der Waals surface area contributed by atoms with E-state index in [9.17, 15) is 9.59 Å². The van der Waals surface area contributed by atoms with Crippen molar-refractivity contribution in [3.05, 3.63) is 60.7 Å². The molecule has 0 unspecified atom stereocenters. The Morgan fingerprint density at radius 2 is 0.964 bits per heavy atom. The molecule has 0 aliphatic carbocycles. The Hall–Kier alpha value is -3.28. The van der Waals surface area contributed by atoms with Crippen LogP contribution in [0.15, 0.2) is 70.9 Å². The highest BCUT2D eigenvalue weighted by molar-refractivity contribution is 6.30. The van der Waals surface area contributed by atoms with E-state index < -0.39 is 10.8 Å². The highest BCUT2D eigenvalue weighted by Crippen LogP contribution is 2.51. The molecule has 0 fully saturated rings. The van der Waals surface area contributed by atoms with Crippen molar-refractivity contribution in [2.75, 3.05) is 10.0 Å². The summed E-state index contributed by atoms with van der Waals surface area (Å²) in [6, 6.07) is 18.5. The first-order chi connectivity index (χ1) is 13.3. The van der Waals surface area contributed by atoms with Crippen LogP contribution in [0.2, 0.25) is 0 Å². The second kappa shape index (κ2) is 6.12. The van der Waals surface area contributed by atoms with E-state index >= 15 is 0 Å². The number of nitrogens with zero attached hydrogens (tertiary/aromatic N) is 4. The van der Waals surface area contributed by atoms with E-state index in [1.807, 2.05) is 60.7 Å². The zero-order chi connectivity index (χ0) is 20.1. The van der Waals surface area contributed by atoms with Gasteiger partial charge in [-0.25, -0.2) is 0 Å². The third kappa shape index (κ3) is 2.21. The van der Waals surface area contributed by atoms with Crippen LogP contribution in [0.1, 0.15) is 27.7 Å². The van der Waals surface area contributed by atoms with Crippen molar-refractivity contribution in [2.24, 2.45) is 21.0 Å². The number of rotatable bonds is 3. The van der Waals surface area contributed by atoms with Crippen molar-refractivity contribution in [1.82, 2.24) is 0 Å². The molecule has 0 bridgehead atoms. The molecule has 28 heavy (non-hydrogen) atoms. The Kier molecular flexibility index (Phi) is 3.96. The first kappa shape index (κ1) is 18.1. The SMILES string of the molecule is CC1=NN(c2ccccc2)C(=O)[C@@]1(C)[C@]1(C)C(=O)N(c2ccccc2)N=C1C. The minimum absolute atomic E-state index is 0.225. The van der Waals surface area contributed by atoms with Gasteiger partial charge in [-0.05, 0) is 52.0 Å². The molecule has 0 spiro atoms. The molecule has 0 saturated heterocycles. The van der Waals surface area contributed by atoms with E-state index in [1.54, 1.807) is 27.7 Å². The smallest absolute Gasteiger partial charge is 0.260 e. The van der Waals surface area contributed by atoms with Gasteiger partial charge >= 0.3 is 0 Å². The maximum atomic E-state index is 13.6. The number of anilines is 2. The molecular weight excluding hydrogens is 352 g/mol. The number of benzene rings is 2. The number of hydrazone groups is 2. The van der Waals surface area contributed by atoms with Gasteiger partial charge in [0, 0.05) is 0 Å². The van der Waals surface area contributed by atoms with Crippen molar-refractivity contribution in [2.45, 2.75) is 27.7 Å². The van der Waals surface area contributed by atoms with Crippen LogP contribution >= 0.6 is 0 Å². The standard InChI is InChI=1S/C22H22N4O2/c1-15-21(3,19(27)25(23-15)17-11-7-5-8-12-17)22(4)16(2)24-26(20(22)28)18-13-9-6-10-14-18/h5-14H,1-4H3/t21-,22-/m0/s1. The summed E-state index contributed by atoms with van der Waals surface area (Å²) in [7, 11) is 0. The van der Waals surface area contributed by atoms with E-state index in [0.29, 0.717) is 22.8 Å². The first-order valence-electron chi connectivity index (χ1n) is 9.22. The van der Waals surface area contributed by atoms with Gasteiger partial charge in [0.15, 0.2) is 0 Å². The molecule has 6 nitrogen and oxygen atoms in total. The molecule has 6 heteroatoms. The molecule has 2 aliphatic heterocycles. The van der Waals surface area contributed by atoms with Crippen molar-refractivity contribution in [3.8, 4) is 0 Å². The van der Waals surface area contributed by atoms with Gasteiger partial charge in [-0.2, -0.15) is 20.2 Å². The summed E-state index contributed by atoms with van der Waals surface area (Å²) in [6.45, 7) is 7.20. The minimum atomic E-state index is -1.13. The number of para-hydroxylation sites is 2. The Balaban J connectivity index is 1.78. The molecule has 2 aromatic carbocycles. The van der Waals surface area contributed by atoms with Gasteiger partial charge in [-0.15, -0.1) is 0 Å². The van der Waals surface area contributed by atoms with E-state index in [4.69, 9.17) is 0 Å². The van der Waals surface area contributed by atoms with Crippen molar-refractivity contribution < 1.29 is 9.59 Å². The van der Waals surface area contributed by atoms with Gasteiger partial charge in [-0.1, -0.05) is 36.4 Å². The maximum absolute atomic E-state index is 13.6. The van der Waals surface area contributed by atoms with Crippen molar-refractivity contribution in [1.29, 1.82) is 0 Å². The molecule has 142 valence electrons. The number of hydrogen-bond acceptors (Lipinski definition) is 4. The highest BCUT2D eigenvalue weighted by Gasteiger charge is 2.65. The number of carbonyl (C=O) groups is 2. The lowest BCUT2D eigenvalue weighted by Crippen LogP contribution is -2.56. The lowest BCUT2D eigenvalue weighted by Gasteiger charge is -2.38. The number of hydrogen-bond donors (Lipinski definition) is 0. The summed E-state index contributed by atoms with van der Waals surface area (Å²) in [5, 5.41) is 11.8. The van der Waals surface area contributed by atoms with Crippen molar-refractivity contribution >= 4 is 34.6 Å². The quantitative estimate of drug-likeness (QED) is 0.819. The molecular formula is C22H22N4O2. The predicted molar refractivity (Wildman–Crippen MR) is 110 cm³/mol. The van der Waals surface area contributed by atoms with Crippen LogP contribution in [-0.4, -0.2) is 23.2 Å². The van der Waals surface area contributed by atoms with E-state index in [-0.39, 0.29) is 11.8 Å². The highest BCUT2D eigenvalue weighted by atomic mass is 16.2. The van der Waals surface area contributed by atoms with Gasteiger partial charge in [0.05, 0.1) is 22.8 Å². The van der Waals surface area contributed by atoms with Gasteiger partial charge in [0.25, 0.3) is 11.8 Å². The average molecular weight is 374 g/mol. The summed E-state index contributed by atoms with van der Waals surface area (Å²) in [5.74, 6) is -0.451. The van der Waals surface area contributed by atoms with Crippen LogP contribution in [0.3, 0.4) is 0 Å². The molecule has 2 atom stereocenters. The lowest BCUT2D eigenvalue weighted by molar-refractivity contribution is -0.135. The molecule has 4 rings (SSSR count). The second-order valence-electron chi connectivity index (χ2n) is 7.53. The zero-order valence-electron chi connectivity index (χ0n) is 16.4. The third-order valence-corrected chi connectivity index (χ3v) is 6.19.